The van der Waals surface area contributed by atoms with Crippen LogP contribution in [-0.4, -0.2) is 61.8 Å². The maximum Gasteiger partial charge on any atom is 0.290 e. The summed E-state index contributed by atoms with van der Waals surface area (Å²) in [5.74, 6) is 1.07. The standard InChI is InChI=1S/C19H27FN2O3.CH2O2/c1-12(23)21-17-7-14-10-22(11-15(14)8-19(17)25-3)9-13-4-5-18(24-2)16(20)6-13;2-1-3/h4-6,14-15,17,19H,7-11H2,1-3H3,(H,21,23);1H,(H,2,3)/t14-,15+,17-,19-;/m1./s1. The molecule has 0 radical (unpaired) electrons. The molecule has 1 aliphatic carbocycles. The van der Waals surface area contributed by atoms with E-state index in [1.807, 2.05) is 6.07 Å². The van der Waals surface area contributed by atoms with Crippen molar-refractivity contribution < 1.29 is 28.6 Å². The van der Waals surface area contributed by atoms with Gasteiger partial charge < -0.3 is 19.9 Å². The average Bonchev–Trinajstić information content (AvgIpc) is 3.02. The van der Waals surface area contributed by atoms with Crippen LogP contribution in [0.25, 0.3) is 0 Å². The molecule has 1 aliphatic heterocycles. The summed E-state index contributed by atoms with van der Waals surface area (Å²) in [4.78, 5) is 22.2. The summed E-state index contributed by atoms with van der Waals surface area (Å²) in [7, 11) is 3.19. The first kappa shape index (κ1) is 22.1. The molecule has 1 aromatic rings. The van der Waals surface area contributed by atoms with Gasteiger partial charge in [0.15, 0.2) is 11.6 Å². The number of hydrogen-bond acceptors (Lipinski definition) is 5. The molecule has 0 bridgehead atoms. The van der Waals surface area contributed by atoms with Gasteiger partial charge in [-0.25, -0.2) is 4.39 Å². The van der Waals surface area contributed by atoms with Gasteiger partial charge in [0, 0.05) is 33.7 Å². The van der Waals surface area contributed by atoms with E-state index in [0.717, 1.165) is 38.0 Å². The Hall–Kier alpha value is -2.19. The Balaban J connectivity index is 0.000000878. The number of rotatable bonds is 5. The molecule has 0 aromatic heterocycles. The Bertz CT molecular complexity index is 672. The molecule has 4 atom stereocenters. The van der Waals surface area contributed by atoms with Crippen LogP contribution in [0.2, 0.25) is 0 Å². The van der Waals surface area contributed by atoms with E-state index in [4.69, 9.17) is 19.4 Å². The molecule has 7 nitrogen and oxygen atoms in total. The predicted molar refractivity (Wildman–Crippen MR) is 102 cm³/mol. The highest BCUT2D eigenvalue weighted by Gasteiger charge is 2.42. The molecule has 2 aliphatic rings. The predicted octanol–water partition coefficient (Wildman–Crippen LogP) is 1.90. The van der Waals surface area contributed by atoms with Gasteiger partial charge in [-0.1, -0.05) is 6.07 Å². The molecule has 156 valence electrons. The highest BCUT2D eigenvalue weighted by Crippen LogP contribution is 2.38. The van der Waals surface area contributed by atoms with Gasteiger partial charge >= 0.3 is 0 Å². The molecule has 1 amide bonds. The molecule has 2 N–H and O–H groups in total. The second kappa shape index (κ2) is 10.4. The van der Waals surface area contributed by atoms with E-state index in [1.54, 1.807) is 26.2 Å². The minimum Gasteiger partial charge on any atom is -0.494 e. The maximum absolute atomic E-state index is 13.9. The van der Waals surface area contributed by atoms with Crippen LogP contribution >= 0.6 is 0 Å². The molecule has 1 aromatic carbocycles. The van der Waals surface area contributed by atoms with Crippen molar-refractivity contribution in [3.05, 3.63) is 29.6 Å². The molecular weight excluding hydrogens is 367 g/mol. The summed E-state index contributed by atoms with van der Waals surface area (Å²) in [5.41, 5.74) is 0.957. The van der Waals surface area contributed by atoms with E-state index in [-0.39, 0.29) is 36.1 Å². The number of halogens is 1. The fraction of sp³-hybridized carbons (Fsp3) is 0.600. The number of carbonyl (C=O) groups excluding carboxylic acids is 1. The largest absolute Gasteiger partial charge is 0.494 e. The number of carbonyl (C=O) groups is 2. The van der Waals surface area contributed by atoms with Crippen LogP contribution in [0.3, 0.4) is 0 Å². The van der Waals surface area contributed by atoms with Gasteiger partial charge in [-0.05, 0) is 42.4 Å². The minimum atomic E-state index is -0.318. The molecule has 1 saturated carbocycles. The second-order valence-electron chi connectivity index (χ2n) is 7.34. The zero-order valence-electron chi connectivity index (χ0n) is 16.6. The van der Waals surface area contributed by atoms with Crippen LogP contribution in [0.5, 0.6) is 5.75 Å². The van der Waals surface area contributed by atoms with Crippen molar-refractivity contribution in [3.63, 3.8) is 0 Å². The third-order valence-corrected chi connectivity index (χ3v) is 5.51. The lowest BCUT2D eigenvalue weighted by molar-refractivity contribution is -0.123. The summed E-state index contributed by atoms with van der Waals surface area (Å²) in [5, 5.41) is 9.92. The van der Waals surface area contributed by atoms with Crippen LogP contribution in [-0.2, 0) is 20.9 Å². The maximum atomic E-state index is 13.9. The third-order valence-electron chi connectivity index (χ3n) is 5.51. The van der Waals surface area contributed by atoms with Crippen LogP contribution < -0.4 is 10.1 Å². The van der Waals surface area contributed by atoms with E-state index in [9.17, 15) is 9.18 Å². The Labute approximate surface area is 164 Å². The van der Waals surface area contributed by atoms with Gasteiger partial charge in [-0.3, -0.25) is 14.5 Å². The Morgan fingerprint density at radius 3 is 2.50 bits per heavy atom. The first-order valence-corrected chi connectivity index (χ1v) is 9.34. The van der Waals surface area contributed by atoms with E-state index < -0.39 is 0 Å². The van der Waals surface area contributed by atoms with Gasteiger partial charge in [0.25, 0.3) is 6.47 Å². The van der Waals surface area contributed by atoms with Gasteiger partial charge in [-0.2, -0.15) is 0 Å². The van der Waals surface area contributed by atoms with E-state index in [1.165, 1.54) is 7.11 Å². The average molecular weight is 396 g/mol. The summed E-state index contributed by atoms with van der Waals surface area (Å²) >= 11 is 0. The van der Waals surface area contributed by atoms with E-state index >= 15 is 0 Å². The zero-order valence-corrected chi connectivity index (χ0v) is 16.6. The first-order chi connectivity index (χ1) is 13.4. The van der Waals surface area contributed by atoms with Crippen molar-refractivity contribution in [2.45, 2.75) is 38.5 Å². The lowest BCUT2D eigenvalue weighted by atomic mass is 9.77. The van der Waals surface area contributed by atoms with Crippen molar-refractivity contribution in [1.29, 1.82) is 0 Å². The summed E-state index contributed by atoms with van der Waals surface area (Å²) < 4.78 is 24.5. The monoisotopic (exact) mass is 396 g/mol. The number of hydrogen-bond donors (Lipinski definition) is 2. The zero-order chi connectivity index (χ0) is 20.7. The molecular formula is C20H29FN2O5. The Morgan fingerprint density at radius 1 is 1.32 bits per heavy atom. The van der Waals surface area contributed by atoms with Crippen molar-refractivity contribution in [2.24, 2.45) is 11.8 Å². The van der Waals surface area contributed by atoms with Crippen LogP contribution in [0.4, 0.5) is 4.39 Å². The Morgan fingerprint density at radius 2 is 1.96 bits per heavy atom. The van der Waals surface area contributed by atoms with Crippen LogP contribution in [0.1, 0.15) is 25.3 Å². The fourth-order valence-electron chi connectivity index (χ4n) is 4.38. The lowest BCUT2D eigenvalue weighted by Gasteiger charge is -2.37. The summed E-state index contributed by atoms with van der Waals surface area (Å²) in [6.07, 6.45) is 1.97. The lowest BCUT2D eigenvalue weighted by Crippen LogP contribution is -2.49. The van der Waals surface area contributed by atoms with Crippen molar-refractivity contribution in [2.75, 3.05) is 27.3 Å². The number of amides is 1. The van der Waals surface area contributed by atoms with Crippen molar-refractivity contribution in [1.82, 2.24) is 10.2 Å². The van der Waals surface area contributed by atoms with Gasteiger partial charge in [0.05, 0.1) is 19.3 Å². The molecule has 28 heavy (non-hydrogen) atoms. The molecule has 8 heteroatoms. The topological polar surface area (TPSA) is 88.1 Å². The Kier molecular flexibility index (Phi) is 8.19. The molecule has 3 rings (SSSR count). The number of methoxy groups -OCH3 is 2. The number of nitrogens with zero attached hydrogens (tertiary/aromatic N) is 1. The number of carboxylic acid groups (broad SMARTS) is 1. The molecule has 2 fully saturated rings. The van der Waals surface area contributed by atoms with Crippen molar-refractivity contribution in [3.8, 4) is 5.75 Å². The summed E-state index contributed by atoms with van der Waals surface area (Å²) in [6, 6.07) is 5.24. The second-order valence-corrected chi connectivity index (χ2v) is 7.34. The SMILES string of the molecule is COc1ccc(CN2C[C@H]3C[C@@H](NC(C)=O)[C@H](OC)C[C@H]3C2)cc1F.O=CO. The van der Waals surface area contributed by atoms with Crippen LogP contribution in [0, 0.1) is 17.7 Å². The van der Waals surface area contributed by atoms with Gasteiger partial charge in [0.2, 0.25) is 5.91 Å². The molecule has 1 heterocycles. The number of fused-ring (bicyclic) bond motifs is 1. The molecule has 0 spiro atoms. The summed E-state index contributed by atoms with van der Waals surface area (Å²) in [6.45, 7) is 4.00. The van der Waals surface area contributed by atoms with Gasteiger partial charge in [-0.15, -0.1) is 0 Å². The minimum absolute atomic E-state index is 0.00550. The van der Waals surface area contributed by atoms with Crippen LogP contribution in [0.15, 0.2) is 18.2 Å². The number of benzene rings is 1. The molecule has 0 unspecified atom stereocenters. The highest BCUT2D eigenvalue weighted by molar-refractivity contribution is 5.73. The highest BCUT2D eigenvalue weighted by atomic mass is 19.1. The molecule has 1 saturated heterocycles. The third kappa shape index (κ3) is 5.65. The quantitative estimate of drug-likeness (QED) is 0.739. The van der Waals surface area contributed by atoms with Gasteiger partial charge in [0.1, 0.15) is 0 Å². The number of nitrogens with one attached hydrogen (secondary N) is 1. The van der Waals surface area contributed by atoms with E-state index in [2.05, 4.69) is 10.2 Å². The first-order valence-electron chi connectivity index (χ1n) is 9.34. The van der Waals surface area contributed by atoms with Crippen molar-refractivity contribution >= 4 is 12.4 Å². The number of likely N-dealkylation sites (tertiary alicyclic amines) is 1. The smallest absolute Gasteiger partial charge is 0.290 e. The van der Waals surface area contributed by atoms with E-state index in [0.29, 0.717) is 11.8 Å². The normalized spacial score (nSPS) is 26.6. The number of ether oxygens (including phenoxy) is 2. The fourth-order valence-corrected chi connectivity index (χ4v) is 4.38.